The van der Waals surface area contributed by atoms with Crippen molar-refractivity contribution < 1.29 is 14.0 Å². The van der Waals surface area contributed by atoms with Crippen molar-refractivity contribution in [3.05, 3.63) is 59.4 Å². The maximum absolute atomic E-state index is 13.1. The maximum Gasteiger partial charge on any atom is 0.270 e. The number of nitrogens with one attached hydrogen (secondary N) is 1. The van der Waals surface area contributed by atoms with Crippen molar-refractivity contribution in [2.75, 3.05) is 0 Å². The zero-order chi connectivity index (χ0) is 19.8. The van der Waals surface area contributed by atoms with Crippen LogP contribution in [0.1, 0.15) is 71.6 Å². The summed E-state index contributed by atoms with van der Waals surface area (Å²) in [6, 6.07) is 8.15. The maximum atomic E-state index is 13.1. The molecule has 2 aromatic rings. The van der Waals surface area contributed by atoms with Gasteiger partial charge in [0.15, 0.2) is 5.78 Å². The van der Waals surface area contributed by atoms with Crippen molar-refractivity contribution in [1.82, 2.24) is 15.3 Å². The van der Waals surface area contributed by atoms with Gasteiger partial charge in [-0.2, -0.15) is 0 Å². The molecule has 1 amide bonds. The fourth-order valence-electron chi connectivity index (χ4n) is 4.98. The van der Waals surface area contributed by atoms with Gasteiger partial charge in [-0.1, -0.05) is 12.5 Å². The van der Waals surface area contributed by atoms with Gasteiger partial charge in [0.2, 0.25) is 0 Å². The molecule has 2 aromatic heterocycles. The van der Waals surface area contributed by atoms with Crippen LogP contribution in [0.2, 0.25) is 0 Å². The van der Waals surface area contributed by atoms with Gasteiger partial charge in [-0.3, -0.25) is 14.6 Å². The van der Waals surface area contributed by atoms with E-state index in [0.717, 1.165) is 50.4 Å². The minimum atomic E-state index is -0.445. The molecule has 2 unspecified atom stereocenters. The fourth-order valence-corrected chi connectivity index (χ4v) is 4.98. The summed E-state index contributed by atoms with van der Waals surface area (Å²) in [5.41, 5.74) is 1.18. The minimum absolute atomic E-state index is 0.0515. The molecule has 0 saturated heterocycles. The molecule has 0 spiro atoms. The number of hydrogen-bond donors (Lipinski definition) is 1. The Hall–Kier alpha value is -2.63. The molecule has 2 bridgehead atoms. The fraction of sp³-hybridized carbons (Fsp3) is 0.455. The molecule has 2 fully saturated rings. The Morgan fingerprint density at radius 1 is 1.11 bits per heavy atom. The summed E-state index contributed by atoms with van der Waals surface area (Å²) < 4.78 is 13.1. The largest absolute Gasteiger partial charge is 0.345 e. The van der Waals surface area contributed by atoms with E-state index >= 15 is 0 Å². The highest BCUT2D eigenvalue weighted by Crippen LogP contribution is 2.55. The average Bonchev–Trinajstić information content (AvgIpc) is 2.92. The van der Waals surface area contributed by atoms with E-state index in [-0.39, 0.29) is 22.6 Å². The Morgan fingerprint density at radius 3 is 2.71 bits per heavy atom. The van der Waals surface area contributed by atoms with Gasteiger partial charge in [-0.05, 0) is 68.7 Å². The van der Waals surface area contributed by atoms with E-state index in [9.17, 15) is 14.0 Å². The Kier molecular flexibility index (Phi) is 4.73. The predicted octanol–water partition coefficient (Wildman–Crippen LogP) is 4.02. The van der Waals surface area contributed by atoms with E-state index in [1.807, 2.05) is 19.1 Å². The molecule has 2 aliphatic rings. The van der Waals surface area contributed by atoms with Crippen LogP contribution in [0.15, 0.2) is 36.5 Å². The van der Waals surface area contributed by atoms with Gasteiger partial charge in [0, 0.05) is 17.7 Å². The summed E-state index contributed by atoms with van der Waals surface area (Å²) in [6.07, 6.45) is 6.92. The smallest absolute Gasteiger partial charge is 0.270 e. The quantitative estimate of drug-likeness (QED) is 0.794. The number of hydrogen-bond acceptors (Lipinski definition) is 4. The van der Waals surface area contributed by atoms with Crippen molar-refractivity contribution in [3.63, 3.8) is 0 Å². The first-order valence-corrected chi connectivity index (χ1v) is 9.80. The predicted molar refractivity (Wildman–Crippen MR) is 102 cm³/mol. The molecule has 0 radical (unpaired) electrons. The molecule has 0 aliphatic heterocycles. The number of carbonyl (C=O) groups excluding carboxylic acids is 2. The Labute approximate surface area is 163 Å². The molecule has 2 heterocycles. The number of Topliss-reactive ketones (excluding diaryl/α,β-unsaturated/α-hetero) is 1. The number of rotatable bonds is 5. The number of halogens is 1. The van der Waals surface area contributed by atoms with Gasteiger partial charge >= 0.3 is 0 Å². The lowest BCUT2D eigenvalue weighted by atomic mass is 9.70. The van der Waals surface area contributed by atoms with Gasteiger partial charge < -0.3 is 5.32 Å². The minimum Gasteiger partial charge on any atom is -0.345 e. The van der Waals surface area contributed by atoms with Crippen molar-refractivity contribution in [3.8, 4) is 0 Å². The number of nitrogens with zero attached hydrogens (tertiary/aromatic N) is 2. The van der Waals surface area contributed by atoms with E-state index in [1.165, 1.54) is 12.1 Å². The number of amides is 1. The van der Waals surface area contributed by atoms with E-state index in [1.54, 1.807) is 6.07 Å². The molecule has 5 nitrogen and oxygen atoms in total. The molecule has 2 aliphatic carbocycles. The summed E-state index contributed by atoms with van der Waals surface area (Å²) in [5, 5.41) is 3.23. The third kappa shape index (κ3) is 3.68. The first-order chi connectivity index (χ1) is 13.4. The van der Waals surface area contributed by atoms with Crippen LogP contribution in [0.25, 0.3) is 0 Å². The zero-order valence-electron chi connectivity index (χ0n) is 16.0. The second-order valence-corrected chi connectivity index (χ2v) is 8.39. The lowest BCUT2D eigenvalue weighted by Gasteiger charge is -2.39. The second-order valence-electron chi connectivity index (χ2n) is 8.39. The van der Waals surface area contributed by atoms with Gasteiger partial charge in [0.1, 0.15) is 17.2 Å². The molecule has 0 aromatic carbocycles. The normalized spacial score (nSPS) is 26.1. The van der Waals surface area contributed by atoms with Crippen molar-refractivity contribution >= 4 is 11.7 Å². The van der Waals surface area contributed by atoms with Crippen LogP contribution in [-0.2, 0) is 0 Å². The lowest BCUT2D eigenvalue weighted by Crippen LogP contribution is -2.49. The summed E-state index contributed by atoms with van der Waals surface area (Å²) in [4.78, 5) is 33.7. The number of aromatic nitrogens is 2. The summed E-state index contributed by atoms with van der Waals surface area (Å²) in [7, 11) is 0. The zero-order valence-corrected chi connectivity index (χ0v) is 16.0. The standard InChI is InChI=1S/C22H24FN3O2/c1-15-4-2-5-18(25-15)20(28)26-22-9-3-8-21(14-22,10-11-22)12-19(27)17-7-6-16(23)13-24-17/h2,4-7,13H,3,8-12,14H2,1H3,(H,26,28). The summed E-state index contributed by atoms with van der Waals surface area (Å²) in [5.74, 6) is -0.642. The average molecular weight is 381 g/mol. The molecule has 2 saturated carbocycles. The van der Waals surface area contributed by atoms with Gasteiger partial charge in [-0.15, -0.1) is 0 Å². The highest BCUT2D eigenvalue weighted by Gasteiger charge is 2.52. The van der Waals surface area contributed by atoms with Crippen molar-refractivity contribution in [2.45, 2.75) is 57.4 Å². The number of fused-ring (bicyclic) bond motifs is 2. The van der Waals surface area contributed by atoms with E-state index in [4.69, 9.17) is 0 Å². The first-order valence-electron chi connectivity index (χ1n) is 9.80. The van der Waals surface area contributed by atoms with Crippen LogP contribution in [-0.4, -0.2) is 27.2 Å². The van der Waals surface area contributed by atoms with Gasteiger partial charge in [0.25, 0.3) is 5.91 Å². The van der Waals surface area contributed by atoms with E-state index in [2.05, 4.69) is 15.3 Å². The van der Waals surface area contributed by atoms with Crippen LogP contribution in [0, 0.1) is 18.2 Å². The highest BCUT2D eigenvalue weighted by molar-refractivity contribution is 5.95. The van der Waals surface area contributed by atoms with Crippen LogP contribution in [0.5, 0.6) is 0 Å². The third-order valence-electron chi connectivity index (χ3n) is 6.26. The Bertz CT molecular complexity index is 914. The van der Waals surface area contributed by atoms with Crippen molar-refractivity contribution in [2.24, 2.45) is 5.41 Å². The van der Waals surface area contributed by atoms with Crippen LogP contribution in [0.4, 0.5) is 4.39 Å². The number of ketones is 1. The number of pyridine rings is 2. The molecule has 6 heteroatoms. The number of aryl methyl sites for hydroxylation is 1. The molecule has 4 rings (SSSR count). The molecule has 146 valence electrons. The molecule has 28 heavy (non-hydrogen) atoms. The first kappa shape index (κ1) is 18.7. The van der Waals surface area contributed by atoms with E-state index < -0.39 is 5.82 Å². The summed E-state index contributed by atoms with van der Waals surface area (Å²) >= 11 is 0. The summed E-state index contributed by atoms with van der Waals surface area (Å²) in [6.45, 7) is 1.87. The third-order valence-corrected chi connectivity index (χ3v) is 6.26. The monoisotopic (exact) mass is 381 g/mol. The topological polar surface area (TPSA) is 72.0 Å². The van der Waals surface area contributed by atoms with Gasteiger partial charge in [-0.25, -0.2) is 9.37 Å². The van der Waals surface area contributed by atoms with Gasteiger partial charge in [0.05, 0.1) is 6.20 Å². The Morgan fingerprint density at radius 2 is 1.96 bits per heavy atom. The second kappa shape index (κ2) is 7.08. The molecule has 1 N–H and O–H groups in total. The van der Waals surface area contributed by atoms with Crippen LogP contribution in [0.3, 0.4) is 0 Å². The van der Waals surface area contributed by atoms with Crippen molar-refractivity contribution in [1.29, 1.82) is 0 Å². The SMILES string of the molecule is Cc1cccc(C(=O)NC23CCCC(CC(=O)c4ccc(F)cn4)(CC2)C3)n1. The lowest BCUT2D eigenvalue weighted by molar-refractivity contribution is 0.0798. The Balaban J connectivity index is 1.47. The molecule has 2 atom stereocenters. The highest BCUT2D eigenvalue weighted by atomic mass is 19.1. The molecular weight excluding hydrogens is 357 g/mol. The molecular formula is C22H24FN3O2. The van der Waals surface area contributed by atoms with Crippen LogP contribution < -0.4 is 5.32 Å². The van der Waals surface area contributed by atoms with Crippen LogP contribution >= 0.6 is 0 Å². The number of carbonyl (C=O) groups is 2. The van der Waals surface area contributed by atoms with E-state index in [0.29, 0.717) is 17.8 Å².